The Labute approximate surface area is 158 Å². The number of rotatable bonds is 6. The van der Waals surface area contributed by atoms with Crippen molar-refractivity contribution in [2.75, 3.05) is 0 Å². The molecule has 1 aliphatic rings. The molecule has 3 aromatic rings. The third-order valence-electron chi connectivity index (χ3n) is 5.12. The lowest BCUT2D eigenvalue weighted by Crippen LogP contribution is -2.21. The Balaban J connectivity index is 1.39. The first-order valence-electron chi connectivity index (χ1n) is 9.15. The fourth-order valence-electron chi connectivity index (χ4n) is 3.58. The highest BCUT2D eigenvalue weighted by atomic mass is 16.5. The van der Waals surface area contributed by atoms with E-state index in [2.05, 4.69) is 17.1 Å². The third-order valence-corrected chi connectivity index (χ3v) is 5.12. The molecule has 1 saturated carbocycles. The average molecular weight is 362 g/mol. The second-order valence-electron chi connectivity index (χ2n) is 7.15. The van der Waals surface area contributed by atoms with E-state index in [1.165, 1.54) is 5.56 Å². The van der Waals surface area contributed by atoms with Crippen LogP contribution in [0.5, 0.6) is 5.75 Å². The van der Waals surface area contributed by atoms with Crippen LogP contribution in [0.2, 0.25) is 0 Å². The van der Waals surface area contributed by atoms with Crippen molar-refractivity contribution in [3.8, 4) is 5.75 Å². The van der Waals surface area contributed by atoms with Gasteiger partial charge in [-0.05, 0) is 55.5 Å². The maximum absolute atomic E-state index is 11.4. The minimum atomic E-state index is -0.278. The van der Waals surface area contributed by atoms with Gasteiger partial charge in [-0.15, -0.1) is 0 Å². The number of ether oxygens (including phenoxy) is 1. The van der Waals surface area contributed by atoms with E-state index in [0.29, 0.717) is 12.5 Å². The number of para-hydroxylation sites is 1. The summed E-state index contributed by atoms with van der Waals surface area (Å²) in [4.78, 5) is 15.9. The van der Waals surface area contributed by atoms with Crippen LogP contribution in [0, 0.1) is 18.8 Å². The zero-order valence-electron chi connectivity index (χ0n) is 15.2. The smallest absolute Gasteiger partial charge is 0.246 e. The molecule has 1 amide bonds. The molecule has 1 heterocycles. The number of aryl methyl sites for hydroxylation is 1. The number of hydrogen-bond acceptors (Lipinski definition) is 4. The standard InChI is InChI=1S/C22H22N2O3/c1-14-10-17(19-4-2-3-5-21(19)23-14)13-27-18-8-6-15(7-9-18)11-16-12-20(16)22(25)24-26/h2-10,16,20,26H,11-13H2,1H3,(H,24,25)/t16-,20+/m1/s1. The van der Waals surface area contributed by atoms with Gasteiger partial charge >= 0.3 is 0 Å². The summed E-state index contributed by atoms with van der Waals surface area (Å²) in [6.45, 7) is 2.48. The molecule has 5 heteroatoms. The van der Waals surface area contributed by atoms with Crippen molar-refractivity contribution in [1.82, 2.24) is 10.5 Å². The molecule has 2 atom stereocenters. The van der Waals surface area contributed by atoms with Crippen LogP contribution in [0.4, 0.5) is 0 Å². The lowest BCUT2D eigenvalue weighted by molar-refractivity contribution is -0.130. The lowest BCUT2D eigenvalue weighted by atomic mass is 10.1. The summed E-state index contributed by atoms with van der Waals surface area (Å²) in [5, 5.41) is 9.79. The van der Waals surface area contributed by atoms with Gasteiger partial charge in [0.05, 0.1) is 5.52 Å². The van der Waals surface area contributed by atoms with Gasteiger partial charge in [0.25, 0.3) is 0 Å². The van der Waals surface area contributed by atoms with Gasteiger partial charge < -0.3 is 4.74 Å². The summed E-state index contributed by atoms with van der Waals surface area (Å²) in [5.41, 5.74) is 6.00. The summed E-state index contributed by atoms with van der Waals surface area (Å²) in [5.74, 6) is 0.793. The highest BCUT2D eigenvalue weighted by molar-refractivity contribution is 5.82. The normalized spacial score (nSPS) is 18.3. The number of aromatic nitrogens is 1. The van der Waals surface area contributed by atoms with Gasteiger partial charge in [-0.2, -0.15) is 0 Å². The molecule has 1 aromatic heterocycles. The first-order chi connectivity index (χ1) is 13.1. The van der Waals surface area contributed by atoms with Crippen molar-refractivity contribution < 1.29 is 14.7 Å². The van der Waals surface area contributed by atoms with Crippen LogP contribution in [0.1, 0.15) is 23.2 Å². The molecule has 0 saturated heterocycles. The van der Waals surface area contributed by atoms with E-state index in [1.807, 2.05) is 49.4 Å². The molecular formula is C22H22N2O3. The molecule has 0 bridgehead atoms. The van der Waals surface area contributed by atoms with Gasteiger partial charge in [-0.1, -0.05) is 30.3 Å². The summed E-state index contributed by atoms with van der Waals surface area (Å²) < 4.78 is 5.98. The van der Waals surface area contributed by atoms with E-state index < -0.39 is 0 Å². The number of hydrogen-bond donors (Lipinski definition) is 2. The van der Waals surface area contributed by atoms with Crippen LogP contribution in [0.3, 0.4) is 0 Å². The minimum absolute atomic E-state index is 0.0610. The molecular weight excluding hydrogens is 340 g/mol. The van der Waals surface area contributed by atoms with Crippen LogP contribution in [-0.4, -0.2) is 16.1 Å². The molecule has 2 aromatic carbocycles. The average Bonchev–Trinajstić information content (AvgIpc) is 3.45. The molecule has 2 N–H and O–H groups in total. The highest BCUT2D eigenvalue weighted by Crippen LogP contribution is 2.41. The summed E-state index contributed by atoms with van der Waals surface area (Å²) in [6, 6.07) is 18.2. The Morgan fingerprint density at radius 2 is 2.00 bits per heavy atom. The molecule has 5 nitrogen and oxygen atoms in total. The SMILES string of the molecule is Cc1cc(COc2ccc(C[C@@H]3C[C@@H]3C(=O)NO)cc2)c2ccccc2n1. The highest BCUT2D eigenvalue weighted by Gasteiger charge is 2.42. The van der Waals surface area contributed by atoms with Crippen molar-refractivity contribution in [1.29, 1.82) is 0 Å². The number of pyridine rings is 1. The lowest BCUT2D eigenvalue weighted by Gasteiger charge is -2.10. The van der Waals surface area contributed by atoms with E-state index in [-0.39, 0.29) is 11.8 Å². The zero-order valence-corrected chi connectivity index (χ0v) is 15.2. The molecule has 1 fully saturated rings. The van der Waals surface area contributed by atoms with Crippen LogP contribution in [-0.2, 0) is 17.8 Å². The van der Waals surface area contributed by atoms with Crippen LogP contribution >= 0.6 is 0 Å². The Morgan fingerprint density at radius 3 is 2.78 bits per heavy atom. The van der Waals surface area contributed by atoms with Crippen molar-refractivity contribution in [2.45, 2.75) is 26.4 Å². The summed E-state index contributed by atoms with van der Waals surface area (Å²) in [7, 11) is 0. The number of amides is 1. The Hall–Kier alpha value is -2.92. The molecule has 0 aliphatic heterocycles. The van der Waals surface area contributed by atoms with Gasteiger partial charge in [0.2, 0.25) is 5.91 Å². The van der Waals surface area contributed by atoms with Crippen LogP contribution < -0.4 is 10.2 Å². The number of carbonyl (C=O) groups is 1. The number of benzene rings is 2. The predicted octanol–water partition coefficient (Wildman–Crippen LogP) is 3.81. The van der Waals surface area contributed by atoms with Crippen molar-refractivity contribution >= 4 is 16.8 Å². The number of nitrogens with one attached hydrogen (secondary N) is 1. The summed E-state index contributed by atoms with van der Waals surface area (Å²) >= 11 is 0. The fraction of sp³-hybridized carbons (Fsp3) is 0.273. The summed E-state index contributed by atoms with van der Waals surface area (Å²) in [6.07, 6.45) is 1.67. The van der Waals surface area contributed by atoms with Crippen LogP contribution in [0.25, 0.3) is 10.9 Å². The van der Waals surface area contributed by atoms with Crippen molar-refractivity contribution in [3.63, 3.8) is 0 Å². The predicted molar refractivity (Wildman–Crippen MR) is 102 cm³/mol. The molecule has 0 unspecified atom stereocenters. The van der Waals surface area contributed by atoms with Crippen molar-refractivity contribution in [2.24, 2.45) is 11.8 Å². The Morgan fingerprint density at radius 1 is 1.22 bits per heavy atom. The second kappa shape index (κ2) is 7.37. The molecule has 27 heavy (non-hydrogen) atoms. The number of nitrogens with zero attached hydrogens (tertiary/aromatic N) is 1. The van der Waals surface area contributed by atoms with Gasteiger partial charge in [0.1, 0.15) is 12.4 Å². The van der Waals surface area contributed by atoms with E-state index in [9.17, 15) is 4.79 Å². The fourth-order valence-corrected chi connectivity index (χ4v) is 3.58. The van der Waals surface area contributed by atoms with Crippen LogP contribution in [0.15, 0.2) is 54.6 Å². The molecule has 0 spiro atoms. The molecule has 138 valence electrons. The quantitative estimate of drug-likeness (QED) is 0.517. The first-order valence-corrected chi connectivity index (χ1v) is 9.15. The number of hydroxylamine groups is 1. The first kappa shape index (κ1) is 17.5. The topological polar surface area (TPSA) is 71.5 Å². The third kappa shape index (κ3) is 3.93. The molecule has 4 rings (SSSR count). The van der Waals surface area contributed by atoms with E-state index in [1.54, 1.807) is 5.48 Å². The van der Waals surface area contributed by atoms with Gasteiger partial charge in [-0.25, -0.2) is 5.48 Å². The Bertz CT molecular complexity index is 969. The maximum atomic E-state index is 11.4. The second-order valence-corrected chi connectivity index (χ2v) is 7.15. The molecule has 0 radical (unpaired) electrons. The monoisotopic (exact) mass is 362 g/mol. The van der Waals surface area contributed by atoms with E-state index >= 15 is 0 Å². The number of carbonyl (C=O) groups excluding carboxylic acids is 1. The Kier molecular flexibility index (Phi) is 4.77. The van der Waals surface area contributed by atoms with Gasteiger partial charge in [0, 0.05) is 22.6 Å². The molecule has 1 aliphatic carbocycles. The largest absolute Gasteiger partial charge is 0.489 e. The maximum Gasteiger partial charge on any atom is 0.246 e. The zero-order chi connectivity index (χ0) is 18.8. The van der Waals surface area contributed by atoms with E-state index in [4.69, 9.17) is 9.94 Å². The number of fused-ring (bicyclic) bond motifs is 1. The van der Waals surface area contributed by atoms with Crippen molar-refractivity contribution in [3.05, 3.63) is 71.4 Å². The minimum Gasteiger partial charge on any atom is -0.489 e. The van der Waals surface area contributed by atoms with Gasteiger partial charge in [-0.3, -0.25) is 15.0 Å². The van der Waals surface area contributed by atoms with E-state index in [0.717, 1.165) is 40.8 Å². The van der Waals surface area contributed by atoms with Gasteiger partial charge in [0.15, 0.2) is 0 Å².